The molecule has 0 saturated carbocycles. The fourth-order valence-corrected chi connectivity index (χ4v) is 4.09. The van der Waals surface area contributed by atoms with E-state index in [4.69, 9.17) is 0 Å². The summed E-state index contributed by atoms with van der Waals surface area (Å²) in [4.78, 5) is 38.6. The summed E-state index contributed by atoms with van der Waals surface area (Å²) in [7, 11) is 0. The van der Waals surface area contributed by atoms with Gasteiger partial charge >= 0.3 is 0 Å². The molecule has 2 aromatic carbocycles. The van der Waals surface area contributed by atoms with Crippen LogP contribution in [0.2, 0.25) is 0 Å². The van der Waals surface area contributed by atoms with E-state index in [1.165, 1.54) is 0 Å². The second-order valence-electron chi connectivity index (χ2n) is 7.36. The highest BCUT2D eigenvalue weighted by Gasteiger charge is 2.34. The Balaban J connectivity index is 1.28. The maximum atomic E-state index is 12.6. The number of nitrogens with zero attached hydrogens (tertiary/aromatic N) is 4. The molecule has 0 radical (unpaired) electrons. The number of anilines is 1. The number of phenolic OH excluding ortho intramolecular Hbond substituents is 1. The number of aromatic hydroxyl groups is 1. The van der Waals surface area contributed by atoms with Crippen LogP contribution in [0.5, 0.6) is 5.75 Å². The zero-order valence-electron chi connectivity index (χ0n) is 17.6. The predicted octanol–water partition coefficient (Wildman–Crippen LogP) is 3.34. The SMILES string of the molecule is Cc1cc(/C=C2\SC(=O)N(CCCC(=O)Nc3ccc(-c4nnn[nH]4)cc3)C2=O)ccc1O. The number of thioether (sulfide) groups is 1. The summed E-state index contributed by atoms with van der Waals surface area (Å²) < 4.78 is 0. The van der Waals surface area contributed by atoms with Crippen LogP contribution in [0.4, 0.5) is 10.5 Å². The molecule has 168 valence electrons. The van der Waals surface area contributed by atoms with E-state index in [9.17, 15) is 19.5 Å². The first kappa shape index (κ1) is 22.2. The molecule has 3 N–H and O–H groups in total. The number of imide groups is 1. The minimum Gasteiger partial charge on any atom is -0.508 e. The summed E-state index contributed by atoms with van der Waals surface area (Å²) in [6, 6.07) is 12.0. The van der Waals surface area contributed by atoms with Crippen LogP contribution in [-0.4, -0.2) is 54.2 Å². The Bertz CT molecular complexity index is 1220. The van der Waals surface area contributed by atoms with Crippen LogP contribution >= 0.6 is 11.8 Å². The highest BCUT2D eigenvalue weighted by molar-refractivity contribution is 8.18. The Morgan fingerprint density at radius 3 is 2.70 bits per heavy atom. The maximum absolute atomic E-state index is 12.6. The molecular weight excluding hydrogens is 444 g/mol. The third kappa shape index (κ3) is 5.26. The van der Waals surface area contributed by atoms with E-state index in [1.54, 1.807) is 55.5 Å². The van der Waals surface area contributed by atoms with Gasteiger partial charge in [0.25, 0.3) is 11.1 Å². The van der Waals surface area contributed by atoms with Crippen molar-refractivity contribution in [2.45, 2.75) is 19.8 Å². The van der Waals surface area contributed by atoms with Crippen LogP contribution in [0.25, 0.3) is 17.5 Å². The van der Waals surface area contributed by atoms with Crippen LogP contribution in [-0.2, 0) is 9.59 Å². The van der Waals surface area contributed by atoms with Crippen LogP contribution < -0.4 is 5.32 Å². The third-order valence-electron chi connectivity index (χ3n) is 4.97. The summed E-state index contributed by atoms with van der Waals surface area (Å²) in [5.74, 6) is 0.0982. The Hall–Kier alpha value is -3.99. The lowest BCUT2D eigenvalue weighted by Crippen LogP contribution is -2.29. The molecule has 1 fully saturated rings. The van der Waals surface area contributed by atoms with E-state index in [0.29, 0.717) is 28.4 Å². The van der Waals surface area contributed by atoms with Crippen molar-refractivity contribution >= 4 is 40.6 Å². The molecular formula is C22H20N6O4S. The standard InChI is InChI=1S/C22H20N6O4S/c1-13-11-14(4-9-17(13)29)12-18-21(31)28(22(32)33-18)10-2-3-19(30)23-16-7-5-15(6-8-16)20-24-26-27-25-20/h4-9,11-12,29H,2-3,10H2,1H3,(H,23,30)(H,24,25,26,27)/b18-12-. The molecule has 1 saturated heterocycles. The third-order valence-corrected chi connectivity index (χ3v) is 5.87. The number of aromatic nitrogens is 4. The van der Waals surface area contributed by atoms with Crippen molar-refractivity contribution in [1.82, 2.24) is 25.5 Å². The van der Waals surface area contributed by atoms with Gasteiger partial charge in [-0.1, -0.05) is 6.07 Å². The van der Waals surface area contributed by atoms with Crippen molar-refractivity contribution in [3.05, 3.63) is 58.5 Å². The summed E-state index contributed by atoms with van der Waals surface area (Å²) >= 11 is 0.867. The molecule has 0 unspecified atom stereocenters. The van der Waals surface area contributed by atoms with Gasteiger partial charge in [-0.15, -0.1) is 5.10 Å². The highest BCUT2D eigenvalue weighted by atomic mass is 32.2. The first-order chi connectivity index (χ1) is 15.9. The van der Waals surface area contributed by atoms with Crippen LogP contribution in [0.3, 0.4) is 0 Å². The van der Waals surface area contributed by atoms with Gasteiger partial charge in [-0.3, -0.25) is 19.3 Å². The Morgan fingerprint density at radius 2 is 2.00 bits per heavy atom. The number of benzene rings is 2. The average molecular weight is 465 g/mol. The number of tetrazole rings is 1. The van der Waals surface area contributed by atoms with Gasteiger partial charge in [0.2, 0.25) is 5.91 Å². The number of carbonyl (C=O) groups excluding carboxylic acids is 3. The van der Waals surface area contributed by atoms with E-state index in [-0.39, 0.29) is 35.8 Å². The van der Waals surface area contributed by atoms with Crippen molar-refractivity contribution in [2.75, 3.05) is 11.9 Å². The molecule has 10 nitrogen and oxygen atoms in total. The topological polar surface area (TPSA) is 141 Å². The zero-order chi connectivity index (χ0) is 23.4. The van der Waals surface area contributed by atoms with Gasteiger partial charge in [-0.05, 0) is 89.1 Å². The largest absolute Gasteiger partial charge is 0.508 e. The highest BCUT2D eigenvalue weighted by Crippen LogP contribution is 2.33. The van der Waals surface area contributed by atoms with Crippen LogP contribution in [0.15, 0.2) is 47.4 Å². The summed E-state index contributed by atoms with van der Waals surface area (Å²) in [6.07, 6.45) is 2.13. The molecule has 0 aliphatic carbocycles. The quantitative estimate of drug-likeness (QED) is 0.452. The molecule has 1 aliphatic heterocycles. The van der Waals surface area contributed by atoms with Gasteiger partial charge in [-0.2, -0.15) is 0 Å². The number of aryl methyl sites for hydroxylation is 1. The van der Waals surface area contributed by atoms with Crippen molar-refractivity contribution < 1.29 is 19.5 Å². The number of nitrogens with one attached hydrogen (secondary N) is 2. The monoisotopic (exact) mass is 464 g/mol. The van der Waals surface area contributed by atoms with Gasteiger partial charge in [0.05, 0.1) is 4.91 Å². The van der Waals surface area contributed by atoms with Crippen LogP contribution in [0.1, 0.15) is 24.0 Å². The fraction of sp³-hybridized carbons (Fsp3) is 0.182. The van der Waals surface area contributed by atoms with E-state index < -0.39 is 0 Å². The molecule has 0 atom stereocenters. The molecule has 4 rings (SSSR count). The minimum absolute atomic E-state index is 0.154. The summed E-state index contributed by atoms with van der Waals surface area (Å²) in [6.45, 7) is 1.91. The smallest absolute Gasteiger partial charge is 0.293 e. The number of carbonyl (C=O) groups is 3. The zero-order valence-corrected chi connectivity index (χ0v) is 18.4. The van der Waals surface area contributed by atoms with E-state index in [2.05, 4.69) is 25.9 Å². The summed E-state index contributed by atoms with van der Waals surface area (Å²) in [5, 5.41) is 25.6. The molecule has 1 aliphatic rings. The molecule has 11 heteroatoms. The number of aromatic amines is 1. The van der Waals surface area contributed by atoms with Gasteiger partial charge in [0.15, 0.2) is 5.82 Å². The lowest BCUT2D eigenvalue weighted by molar-refractivity contribution is -0.123. The average Bonchev–Trinajstić information content (AvgIpc) is 3.41. The van der Waals surface area contributed by atoms with Crippen molar-refractivity contribution in [1.29, 1.82) is 0 Å². The lowest BCUT2D eigenvalue weighted by Gasteiger charge is -2.12. The predicted molar refractivity (Wildman–Crippen MR) is 123 cm³/mol. The molecule has 0 spiro atoms. The number of hydrogen-bond acceptors (Lipinski definition) is 8. The maximum Gasteiger partial charge on any atom is 0.293 e. The lowest BCUT2D eigenvalue weighted by atomic mass is 10.1. The first-order valence-corrected chi connectivity index (χ1v) is 10.9. The number of rotatable bonds is 7. The van der Waals surface area contributed by atoms with E-state index in [1.807, 2.05) is 0 Å². The van der Waals surface area contributed by atoms with Gasteiger partial charge < -0.3 is 10.4 Å². The number of H-pyrrole nitrogens is 1. The first-order valence-electron chi connectivity index (χ1n) is 10.1. The molecule has 0 bridgehead atoms. The molecule has 3 amide bonds. The molecule has 3 aromatic rings. The molecule has 33 heavy (non-hydrogen) atoms. The number of amides is 3. The van der Waals surface area contributed by atoms with E-state index >= 15 is 0 Å². The molecule has 2 heterocycles. The Kier molecular flexibility index (Phi) is 6.50. The second-order valence-corrected chi connectivity index (χ2v) is 8.35. The fourth-order valence-electron chi connectivity index (χ4n) is 3.23. The second kappa shape index (κ2) is 9.65. The number of hydrogen-bond donors (Lipinski definition) is 3. The van der Waals surface area contributed by atoms with Crippen molar-refractivity contribution in [3.63, 3.8) is 0 Å². The Labute approximate surface area is 193 Å². The van der Waals surface area contributed by atoms with Gasteiger partial charge in [0, 0.05) is 24.2 Å². The van der Waals surface area contributed by atoms with Gasteiger partial charge in [-0.25, -0.2) is 5.10 Å². The molecule has 1 aromatic heterocycles. The van der Waals surface area contributed by atoms with Crippen molar-refractivity contribution in [2.24, 2.45) is 0 Å². The minimum atomic E-state index is -0.381. The van der Waals surface area contributed by atoms with Gasteiger partial charge in [0.1, 0.15) is 5.75 Å². The van der Waals surface area contributed by atoms with Crippen molar-refractivity contribution in [3.8, 4) is 17.1 Å². The normalized spacial score (nSPS) is 14.8. The van der Waals surface area contributed by atoms with E-state index in [0.717, 1.165) is 27.8 Å². The summed E-state index contributed by atoms with van der Waals surface area (Å²) in [5.41, 5.74) is 2.81. The Morgan fingerprint density at radius 1 is 1.21 bits per heavy atom. The number of phenols is 1. The van der Waals surface area contributed by atoms with Crippen LogP contribution in [0, 0.1) is 6.92 Å².